The smallest absolute Gasteiger partial charge is 0.323 e. The van der Waals surface area contributed by atoms with Crippen molar-refractivity contribution in [2.75, 3.05) is 7.11 Å². The summed E-state index contributed by atoms with van der Waals surface area (Å²) < 4.78 is 33.0. The molecule has 1 N–H and O–H groups in total. The van der Waals surface area contributed by atoms with Crippen LogP contribution in [0, 0.1) is 5.92 Å². The molecule has 128 valence electrons. The zero-order valence-electron chi connectivity index (χ0n) is 13.1. The maximum absolute atomic E-state index is 12.5. The predicted molar refractivity (Wildman–Crippen MR) is 91.5 cm³/mol. The van der Waals surface area contributed by atoms with Crippen LogP contribution in [0.5, 0.6) is 0 Å². The number of sulfonamides is 1. The SMILES string of the molecule is COC(=O)C(CC1CCCCC1)NS(=O)(=O)c1ccc(Br)cc1. The minimum atomic E-state index is -3.75. The van der Waals surface area contributed by atoms with Crippen LogP contribution in [-0.2, 0) is 19.6 Å². The molecule has 2 rings (SSSR count). The number of nitrogens with one attached hydrogen (secondary N) is 1. The molecule has 1 atom stereocenters. The Morgan fingerprint density at radius 3 is 2.43 bits per heavy atom. The summed E-state index contributed by atoms with van der Waals surface area (Å²) in [4.78, 5) is 12.1. The molecule has 1 aromatic rings. The number of carbonyl (C=O) groups is 1. The molecule has 1 aromatic carbocycles. The average molecular weight is 404 g/mol. The van der Waals surface area contributed by atoms with Crippen LogP contribution in [0.4, 0.5) is 0 Å². The molecule has 7 heteroatoms. The first-order valence-electron chi connectivity index (χ1n) is 7.78. The fourth-order valence-corrected chi connectivity index (χ4v) is 4.42. The van der Waals surface area contributed by atoms with Crippen LogP contribution in [0.1, 0.15) is 38.5 Å². The molecular formula is C16H22BrNO4S. The fourth-order valence-electron chi connectivity index (χ4n) is 2.96. The maximum Gasteiger partial charge on any atom is 0.323 e. The van der Waals surface area contributed by atoms with E-state index in [0.29, 0.717) is 12.3 Å². The van der Waals surface area contributed by atoms with Crippen molar-refractivity contribution in [1.29, 1.82) is 0 Å². The molecule has 0 saturated heterocycles. The first kappa shape index (κ1) is 18.4. The summed E-state index contributed by atoms with van der Waals surface area (Å²) in [6, 6.07) is 5.48. The van der Waals surface area contributed by atoms with Crippen molar-refractivity contribution < 1.29 is 17.9 Å². The topological polar surface area (TPSA) is 72.5 Å². The lowest BCUT2D eigenvalue weighted by Gasteiger charge is -2.25. The second-order valence-corrected chi connectivity index (χ2v) is 8.52. The van der Waals surface area contributed by atoms with Crippen molar-refractivity contribution in [3.8, 4) is 0 Å². The standard InChI is InChI=1S/C16H22BrNO4S/c1-22-16(19)15(11-12-5-3-2-4-6-12)18-23(20,21)14-9-7-13(17)8-10-14/h7-10,12,15,18H,2-6,11H2,1H3. The van der Waals surface area contributed by atoms with Crippen molar-refractivity contribution in [2.45, 2.75) is 49.5 Å². The van der Waals surface area contributed by atoms with Gasteiger partial charge in [0.05, 0.1) is 12.0 Å². The van der Waals surface area contributed by atoms with E-state index in [2.05, 4.69) is 20.7 Å². The molecule has 5 nitrogen and oxygen atoms in total. The largest absolute Gasteiger partial charge is 0.468 e. The Morgan fingerprint density at radius 2 is 1.87 bits per heavy atom. The van der Waals surface area contributed by atoms with E-state index in [4.69, 9.17) is 4.74 Å². The van der Waals surface area contributed by atoms with E-state index >= 15 is 0 Å². The molecule has 1 saturated carbocycles. The second kappa shape index (κ2) is 8.26. The lowest BCUT2D eigenvalue weighted by molar-refractivity contribution is -0.143. The maximum atomic E-state index is 12.5. The van der Waals surface area contributed by atoms with Crippen LogP contribution in [0.25, 0.3) is 0 Å². The summed E-state index contributed by atoms with van der Waals surface area (Å²) in [6.07, 6.45) is 6.05. The third kappa shape index (κ3) is 5.29. The molecule has 0 heterocycles. The van der Waals surface area contributed by atoms with Gasteiger partial charge in [0.25, 0.3) is 0 Å². The van der Waals surface area contributed by atoms with E-state index in [0.717, 1.165) is 30.2 Å². The molecule has 0 spiro atoms. The molecule has 1 aliphatic carbocycles. The summed E-state index contributed by atoms with van der Waals surface area (Å²) in [5.41, 5.74) is 0. The third-order valence-electron chi connectivity index (χ3n) is 4.20. The van der Waals surface area contributed by atoms with E-state index in [-0.39, 0.29) is 4.90 Å². The number of rotatable bonds is 6. The van der Waals surface area contributed by atoms with E-state index < -0.39 is 22.0 Å². The highest BCUT2D eigenvalue weighted by Gasteiger charge is 2.29. The molecule has 0 aromatic heterocycles. The summed E-state index contributed by atoms with van der Waals surface area (Å²) in [5.74, 6) is -0.170. The van der Waals surface area contributed by atoms with Crippen LogP contribution >= 0.6 is 15.9 Å². The first-order chi connectivity index (χ1) is 10.9. The summed E-state index contributed by atoms with van der Waals surface area (Å²) in [6.45, 7) is 0. The Hall–Kier alpha value is -0.920. The minimum absolute atomic E-state index is 0.137. The van der Waals surface area contributed by atoms with Crippen molar-refractivity contribution in [1.82, 2.24) is 4.72 Å². The van der Waals surface area contributed by atoms with Gasteiger partial charge in [-0.2, -0.15) is 4.72 Å². The van der Waals surface area contributed by atoms with E-state index in [1.165, 1.54) is 25.7 Å². The normalized spacial score (nSPS) is 17.7. The van der Waals surface area contributed by atoms with Crippen molar-refractivity contribution >= 4 is 31.9 Å². The molecule has 1 fully saturated rings. The van der Waals surface area contributed by atoms with Gasteiger partial charge in [-0.15, -0.1) is 0 Å². The Balaban J connectivity index is 2.12. The summed E-state index contributed by atoms with van der Waals surface area (Å²) in [7, 11) is -2.47. The zero-order chi connectivity index (χ0) is 16.9. The lowest BCUT2D eigenvalue weighted by atomic mass is 9.85. The van der Waals surface area contributed by atoms with Crippen molar-refractivity contribution in [3.63, 3.8) is 0 Å². The van der Waals surface area contributed by atoms with Gasteiger partial charge >= 0.3 is 5.97 Å². The van der Waals surface area contributed by atoms with Crippen molar-refractivity contribution in [2.24, 2.45) is 5.92 Å². The van der Waals surface area contributed by atoms with Crippen LogP contribution in [0.15, 0.2) is 33.6 Å². The quantitative estimate of drug-likeness (QED) is 0.739. The van der Waals surface area contributed by atoms with Crippen LogP contribution < -0.4 is 4.72 Å². The Morgan fingerprint density at radius 1 is 1.26 bits per heavy atom. The number of carbonyl (C=O) groups excluding carboxylic acids is 1. The van der Waals surface area contributed by atoms with Crippen molar-refractivity contribution in [3.05, 3.63) is 28.7 Å². The number of benzene rings is 1. The van der Waals surface area contributed by atoms with E-state index in [1.807, 2.05) is 0 Å². The van der Waals surface area contributed by atoms with Gasteiger partial charge in [0.15, 0.2) is 0 Å². The number of halogens is 1. The number of ether oxygens (including phenoxy) is 1. The van der Waals surface area contributed by atoms with Gasteiger partial charge in [0, 0.05) is 4.47 Å². The van der Waals surface area contributed by atoms with Gasteiger partial charge in [-0.3, -0.25) is 4.79 Å². The van der Waals surface area contributed by atoms with Gasteiger partial charge in [-0.25, -0.2) is 8.42 Å². The highest BCUT2D eigenvalue weighted by molar-refractivity contribution is 9.10. The lowest BCUT2D eigenvalue weighted by Crippen LogP contribution is -2.42. The molecule has 0 aliphatic heterocycles. The molecular weight excluding hydrogens is 382 g/mol. The van der Waals surface area contributed by atoms with Gasteiger partial charge < -0.3 is 4.74 Å². The summed E-state index contributed by atoms with van der Waals surface area (Å²) in [5, 5.41) is 0. The van der Waals surface area contributed by atoms with Crippen LogP contribution in [0.2, 0.25) is 0 Å². The molecule has 1 unspecified atom stereocenters. The number of methoxy groups -OCH3 is 1. The minimum Gasteiger partial charge on any atom is -0.468 e. The van der Waals surface area contributed by atoms with Gasteiger partial charge in [-0.1, -0.05) is 48.0 Å². The monoisotopic (exact) mass is 403 g/mol. The Kier molecular flexibility index (Phi) is 6.61. The molecule has 1 aliphatic rings. The number of hydrogen-bond acceptors (Lipinski definition) is 4. The summed E-state index contributed by atoms with van der Waals surface area (Å²) >= 11 is 3.27. The number of esters is 1. The Bertz CT molecular complexity index is 624. The first-order valence-corrected chi connectivity index (χ1v) is 10.1. The van der Waals surface area contributed by atoms with E-state index in [9.17, 15) is 13.2 Å². The highest BCUT2D eigenvalue weighted by Crippen LogP contribution is 2.28. The van der Waals surface area contributed by atoms with Gasteiger partial charge in [0.2, 0.25) is 10.0 Å². The van der Waals surface area contributed by atoms with E-state index in [1.54, 1.807) is 12.1 Å². The molecule has 0 radical (unpaired) electrons. The van der Waals surface area contributed by atoms with Crippen LogP contribution in [0.3, 0.4) is 0 Å². The predicted octanol–water partition coefficient (Wildman–Crippen LogP) is 3.24. The van der Waals surface area contributed by atoms with Gasteiger partial charge in [-0.05, 0) is 36.6 Å². The molecule has 0 amide bonds. The molecule has 23 heavy (non-hydrogen) atoms. The molecule has 0 bridgehead atoms. The Labute approximate surface area is 146 Å². The fraction of sp³-hybridized carbons (Fsp3) is 0.562. The van der Waals surface area contributed by atoms with Gasteiger partial charge in [0.1, 0.15) is 6.04 Å². The van der Waals surface area contributed by atoms with Crippen LogP contribution in [-0.4, -0.2) is 27.5 Å². The number of hydrogen-bond donors (Lipinski definition) is 1. The second-order valence-electron chi connectivity index (χ2n) is 5.89. The third-order valence-corrected chi connectivity index (χ3v) is 6.22. The zero-order valence-corrected chi connectivity index (χ0v) is 15.5. The highest BCUT2D eigenvalue weighted by atomic mass is 79.9. The average Bonchev–Trinajstić information content (AvgIpc) is 2.54.